The molecule has 0 fully saturated rings. The molecular weight excluding hydrogens is 377 g/mol. The fourth-order valence-electron chi connectivity index (χ4n) is 2.44. The second kappa shape index (κ2) is 10.8. The fraction of sp³-hybridized carbons (Fsp3) is 0.286. The summed E-state index contributed by atoms with van der Waals surface area (Å²) in [6.45, 7) is 3.36. The number of amides is 3. The van der Waals surface area contributed by atoms with Crippen molar-refractivity contribution in [1.29, 1.82) is 0 Å². The van der Waals surface area contributed by atoms with E-state index in [1.807, 2.05) is 13.8 Å². The minimum absolute atomic E-state index is 0.157. The van der Waals surface area contributed by atoms with Gasteiger partial charge in [0.05, 0.1) is 0 Å². The second-order valence-electron chi connectivity index (χ2n) is 6.48. The summed E-state index contributed by atoms with van der Waals surface area (Å²) in [5.41, 5.74) is 4.99. The lowest BCUT2D eigenvalue weighted by molar-refractivity contribution is -0.131. The first-order valence-electron chi connectivity index (χ1n) is 9.23. The molecule has 0 saturated heterocycles. The summed E-state index contributed by atoms with van der Waals surface area (Å²) in [7, 11) is 0. The van der Waals surface area contributed by atoms with Crippen LogP contribution in [0.4, 0.5) is 4.39 Å². The van der Waals surface area contributed by atoms with Gasteiger partial charge in [0.25, 0.3) is 17.7 Å². The minimum atomic E-state index is -0.828. The highest BCUT2D eigenvalue weighted by Gasteiger charge is 2.26. The number of ether oxygens (including phenoxy) is 1. The van der Waals surface area contributed by atoms with Crippen molar-refractivity contribution in [2.24, 2.45) is 5.92 Å². The van der Waals surface area contributed by atoms with Crippen molar-refractivity contribution in [2.75, 3.05) is 6.61 Å². The topological polar surface area (TPSA) is 96.5 Å². The summed E-state index contributed by atoms with van der Waals surface area (Å²) >= 11 is 0. The van der Waals surface area contributed by atoms with E-state index in [2.05, 4.69) is 16.2 Å². The van der Waals surface area contributed by atoms with Crippen LogP contribution in [0.2, 0.25) is 0 Å². The molecule has 3 amide bonds. The molecular formula is C21H24FN3O4. The van der Waals surface area contributed by atoms with E-state index in [1.165, 1.54) is 24.3 Å². The van der Waals surface area contributed by atoms with Crippen LogP contribution in [0.1, 0.15) is 30.6 Å². The molecule has 0 saturated carbocycles. The lowest BCUT2D eigenvalue weighted by Gasteiger charge is -2.23. The molecule has 29 heavy (non-hydrogen) atoms. The summed E-state index contributed by atoms with van der Waals surface area (Å²) in [5.74, 6) is -1.77. The van der Waals surface area contributed by atoms with Crippen LogP contribution in [0, 0.1) is 11.7 Å². The summed E-state index contributed by atoms with van der Waals surface area (Å²) in [6, 6.07) is 12.9. The number of benzene rings is 2. The molecule has 0 spiro atoms. The lowest BCUT2D eigenvalue weighted by atomic mass is 9.98. The summed E-state index contributed by atoms with van der Waals surface area (Å²) in [5, 5.41) is 2.70. The molecule has 8 heteroatoms. The van der Waals surface area contributed by atoms with Crippen molar-refractivity contribution < 1.29 is 23.5 Å². The number of hydrazine groups is 1. The van der Waals surface area contributed by atoms with Crippen molar-refractivity contribution in [3.05, 3.63) is 66.0 Å². The zero-order chi connectivity index (χ0) is 21.2. The second-order valence-corrected chi connectivity index (χ2v) is 6.48. The maximum Gasteiger partial charge on any atom is 0.276 e. The Morgan fingerprint density at radius 2 is 1.66 bits per heavy atom. The van der Waals surface area contributed by atoms with Crippen LogP contribution in [0.25, 0.3) is 0 Å². The number of hydrogen-bond acceptors (Lipinski definition) is 4. The number of carbonyl (C=O) groups excluding carboxylic acids is 3. The van der Waals surface area contributed by atoms with E-state index < -0.39 is 23.7 Å². The fourth-order valence-corrected chi connectivity index (χ4v) is 2.44. The minimum Gasteiger partial charge on any atom is -0.484 e. The highest BCUT2D eigenvalue weighted by molar-refractivity contribution is 5.97. The average molecular weight is 401 g/mol. The van der Waals surface area contributed by atoms with E-state index >= 15 is 0 Å². The Bertz CT molecular complexity index is 828. The first-order chi connectivity index (χ1) is 13.9. The van der Waals surface area contributed by atoms with Gasteiger partial charge in [-0.25, -0.2) is 4.39 Å². The first-order valence-corrected chi connectivity index (χ1v) is 9.23. The van der Waals surface area contributed by atoms with Crippen LogP contribution in [-0.4, -0.2) is 30.4 Å². The average Bonchev–Trinajstić information content (AvgIpc) is 2.75. The van der Waals surface area contributed by atoms with Gasteiger partial charge >= 0.3 is 0 Å². The van der Waals surface area contributed by atoms with Crippen LogP contribution in [-0.2, 0) is 9.59 Å². The van der Waals surface area contributed by atoms with Crippen LogP contribution in [0.3, 0.4) is 0 Å². The third-order valence-electron chi connectivity index (χ3n) is 4.33. The van der Waals surface area contributed by atoms with Gasteiger partial charge in [0, 0.05) is 5.56 Å². The number of carbonyl (C=O) groups is 3. The van der Waals surface area contributed by atoms with E-state index in [1.54, 1.807) is 30.3 Å². The van der Waals surface area contributed by atoms with Gasteiger partial charge in [0.15, 0.2) is 6.61 Å². The van der Waals surface area contributed by atoms with Crippen molar-refractivity contribution in [2.45, 2.75) is 26.3 Å². The van der Waals surface area contributed by atoms with Crippen LogP contribution < -0.4 is 20.9 Å². The Balaban J connectivity index is 1.87. The molecule has 2 aromatic rings. The van der Waals surface area contributed by atoms with Crippen molar-refractivity contribution in [3.63, 3.8) is 0 Å². The zero-order valence-corrected chi connectivity index (χ0v) is 16.3. The number of halogens is 1. The molecule has 0 radical (unpaired) electrons. The molecule has 0 aliphatic carbocycles. The van der Waals surface area contributed by atoms with E-state index in [0.717, 1.165) is 0 Å². The molecule has 7 nitrogen and oxygen atoms in total. The van der Waals surface area contributed by atoms with Crippen molar-refractivity contribution >= 4 is 17.7 Å². The highest BCUT2D eigenvalue weighted by Crippen LogP contribution is 2.11. The Kier molecular flexibility index (Phi) is 8.14. The molecule has 0 bridgehead atoms. The number of rotatable bonds is 8. The molecule has 0 aliphatic rings. The van der Waals surface area contributed by atoms with Gasteiger partial charge in [-0.3, -0.25) is 25.2 Å². The van der Waals surface area contributed by atoms with Crippen molar-refractivity contribution in [3.8, 4) is 5.75 Å². The molecule has 154 valence electrons. The third kappa shape index (κ3) is 6.91. The van der Waals surface area contributed by atoms with Crippen molar-refractivity contribution in [1.82, 2.24) is 16.2 Å². The smallest absolute Gasteiger partial charge is 0.276 e. The molecule has 3 N–H and O–H groups in total. The standard InChI is InChI=1S/C21H24FN3O4/c1-3-14(2)19(23-20(27)15-7-5-4-6-8-15)21(28)25-24-18(26)13-29-17-11-9-16(22)10-12-17/h4-12,14,19H,3,13H2,1-2H3,(H,23,27)(H,24,26)(H,25,28). The van der Waals surface area contributed by atoms with Crippen LogP contribution in [0.5, 0.6) is 5.75 Å². The Hall–Kier alpha value is -3.42. The SMILES string of the molecule is CCC(C)C(NC(=O)c1ccccc1)C(=O)NNC(=O)COc1ccc(F)cc1. The first kappa shape index (κ1) is 21.9. The molecule has 0 aromatic heterocycles. The summed E-state index contributed by atoms with van der Waals surface area (Å²) in [4.78, 5) is 36.8. The lowest BCUT2D eigenvalue weighted by Crippen LogP contribution is -2.55. The maximum absolute atomic E-state index is 12.9. The van der Waals surface area contributed by atoms with Crippen LogP contribution >= 0.6 is 0 Å². The van der Waals surface area contributed by atoms with Gasteiger partial charge in [0.2, 0.25) is 0 Å². The van der Waals surface area contributed by atoms with Gasteiger partial charge in [-0.15, -0.1) is 0 Å². The third-order valence-corrected chi connectivity index (χ3v) is 4.33. The maximum atomic E-state index is 12.9. The van der Waals surface area contributed by atoms with Crippen LogP contribution in [0.15, 0.2) is 54.6 Å². The normalized spacial score (nSPS) is 12.4. The quantitative estimate of drug-likeness (QED) is 0.591. The number of hydrogen-bond donors (Lipinski definition) is 3. The van der Waals surface area contributed by atoms with Gasteiger partial charge in [-0.05, 0) is 42.3 Å². The molecule has 0 aliphatic heterocycles. The van der Waals surface area contributed by atoms with E-state index in [4.69, 9.17) is 4.74 Å². The predicted molar refractivity (Wildman–Crippen MR) is 105 cm³/mol. The Morgan fingerprint density at radius 1 is 1.00 bits per heavy atom. The Labute approximate surface area is 168 Å². The zero-order valence-electron chi connectivity index (χ0n) is 16.3. The van der Waals surface area contributed by atoms with Gasteiger partial charge in [-0.2, -0.15) is 0 Å². The molecule has 2 atom stereocenters. The van der Waals surface area contributed by atoms with Gasteiger partial charge in [0.1, 0.15) is 17.6 Å². The predicted octanol–water partition coefficient (Wildman–Crippen LogP) is 2.20. The Morgan fingerprint density at radius 3 is 2.28 bits per heavy atom. The highest BCUT2D eigenvalue weighted by atomic mass is 19.1. The van der Waals surface area contributed by atoms with E-state index in [0.29, 0.717) is 17.7 Å². The van der Waals surface area contributed by atoms with E-state index in [-0.39, 0.29) is 18.4 Å². The van der Waals surface area contributed by atoms with Gasteiger partial charge in [-0.1, -0.05) is 38.5 Å². The number of nitrogens with one attached hydrogen (secondary N) is 3. The van der Waals surface area contributed by atoms with E-state index in [9.17, 15) is 18.8 Å². The largest absolute Gasteiger partial charge is 0.484 e. The molecule has 2 unspecified atom stereocenters. The molecule has 2 rings (SSSR count). The summed E-state index contributed by atoms with van der Waals surface area (Å²) < 4.78 is 18.1. The molecule has 0 heterocycles. The van der Waals surface area contributed by atoms with Gasteiger partial charge < -0.3 is 10.1 Å². The molecule has 2 aromatic carbocycles. The monoisotopic (exact) mass is 401 g/mol. The summed E-state index contributed by atoms with van der Waals surface area (Å²) in [6.07, 6.45) is 0.648.